The molecule has 1 atom stereocenters. The van der Waals surface area contributed by atoms with Gasteiger partial charge in [-0.05, 0) is 62.0 Å². The third-order valence-corrected chi connectivity index (χ3v) is 6.61. The molecule has 6 heteroatoms. The lowest BCUT2D eigenvalue weighted by Gasteiger charge is -2.12. The van der Waals surface area contributed by atoms with Crippen molar-refractivity contribution in [1.29, 1.82) is 0 Å². The van der Waals surface area contributed by atoms with Crippen LogP contribution < -0.4 is 5.73 Å². The van der Waals surface area contributed by atoms with E-state index >= 15 is 0 Å². The maximum atomic E-state index is 6.20. The van der Waals surface area contributed by atoms with E-state index in [1.165, 1.54) is 0 Å². The van der Waals surface area contributed by atoms with Gasteiger partial charge in [0, 0.05) is 25.4 Å². The SMILES string of the molecule is NC(Cc1c(Cl)cccc1Cl)c1cc(Br)c(Br)s1. The molecular weight excluding hydrogens is 421 g/mol. The van der Waals surface area contributed by atoms with Gasteiger partial charge in [0.25, 0.3) is 0 Å². The average Bonchev–Trinajstić information content (AvgIpc) is 2.64. The molecule has 96 valence electrons. The van der Waals surface area contributed by atoms with Crippen LogP contribution in [0.4, 0.5) is 0 Å². The van der Waals surface area contributed by atoms with Gasteiger partial charge in [0.2, 0.25) is 0 Å². The number of halogens is 4. The quantitative estimate of drug-likeness (QED) is 0.653. The zero-order chi connectivity index (χ0) is 13.3. The van der Waals surface area contributed by atoms with E-state index in [0.717, 1.165) is 18.7 Å². The highest BCUT2D eigenvalue weighted by atomic mass is 79.9. The second kappa shape index (κ2) is 6.25. The van der Waals surface area contributed by atoms with E-state index in [4.69, 9.17) is 28.9 Å². The summed E-state index contributed by atoms with van der Waals surface area (Å²) in [7, 11) is 0. The van der Waals surface area contributed by atoms with Crippen LogP contribution in [0.5, 0.6) is 0 Å². The van der Waals surface area contributed by atoms with E-state index in [0.29, 0.717) is 16.5 Å². The molecule has 1 aromatic heterocycles. The Morgan fingerprint density at radius 3 is 2.33 bits per heavy atom. The van der Waals surface area contributed by atoms with Crippen molar-refractivity contribution in [3.05, 3.63) is 53.0 Å². The number of hydrogen-bond donors (Lipinski definition) is 1. The molecule has 0 spiro atoms. The summed E-state index contributed by atoms with van der Waals surface area (Å²) in [6, 6.07) is 7.39. The minimum Gasteiger partial charge on any atom is -0.323 e. The van der Waals surface area contributed by atoms with E-state index in [-0.39, 0.29) is 6.04 Å². The molecule has 0 saturated carbocycles. The molecule has 0 fully saturated rings. The van der Waals surface area contributed by atoms with Gasteiger partial charge in [-0.3, -0.25) is 0 Å². The fraction of sp³-hybridized carbons (Fsp3) is 0.167. The number of hydrogen-bond acceptors (Lipinski definition) is 2. The Morgan fingerprint density at radius 1 is 1.22 bits per heavy atom. The Hall–Kier alpha value is 0.420. The Kier molecular flexibility index (Phi) is 5.14. The molecule has 0 aliphatic carbocycles. The smallest absolute Gasteiger partial charge is 0.0843 e. The highest BCUT2D eigenvalue weighted by molar-refractivity contribution is 9.13. The van der Waals surface area contributed by atoms with Crippen LogP contribution in [0, 0.1) is 0 Å². The third-order valence-electron chi connectivity index (χ3n) is 2.52. The van der Waals surface area contributed by atoms with Crippen molar-refractivity contribution in [3.8, 4) is 0 Å². The zero-order valence-corrected chi connectivity index (χ0v) is 14.6. The Labute approximate surface area is 137 Å². The van der Waals surface area contributed by atoms with Gasteiger partial charge >= 0.3 is 0 Å². The van der Waals surface area contributed by atoms with Gasteiger partial charge in [-0.2, -0.15) is 0 Å². The van der Waals surface area contributed by atoms with Gasteiger partial charge in [-0.25, -0.2) is 0 Å². The lowest BCUT2D eigenvalue weighted by atomic mass is 10.1. The minimum atomic E-state index is -0.116. The first kappa shape index (κ1) is 14.8. The fourth-order valence-corrected chi connectivity index (χ4v) is 4.24. The van der Waals surface area contributed by atoms with Gasteiger partial charge < -0.3 is 5.73 Å². The van der Waals surface area contributed by atoms with Crippen molar-refractivity contribution in [1.82, 2.24) is 0 Å². The first-order chi connectivity index (χ1) is 8.49. The van der Waals surface area contributed by atoms with Gasteiger partial charge in [-0.15, -0.1) is 11.3 Å². The lowest BCUT2D eigenvalue weighted by Crippen LogP contribution is -2.12. The van der Waals surface area contributed by atoms with Gasteiger partial charge in [-0.1, -0.05) is 29.3 Å². The van der Waals surface area contributed by atoms with Crippen LogP contribution in [-0.2, 0) is 6.42 Å². The van der Waals surface area contributed by atoms with Crippen molar-refractivity contribution in [2.45, 2.75) is 12.5 Å². The standard InChI is InChI=1S/C12H9Br2Cl2NS/c13-7-5-11(18-12(7)14)10(17)4-6-8(15)2-1-3-9(6)16/h1-3,5,10H,4,17H2. The van der Waals surface area contributed by atoms with Crippen LogP contribution in [-0.4, -0.2) is 0 Å². The maximum Gasteiger partial charge on any atom is 0.0843 e. The van der Waals surface area contributed by atoms with Crippen molar-refractivity contribution in [2.24, 2.45) is 5.73 Å². The second-order valence-corrected chi connectivity index (χ2v) is 7.85. The molecule has 0 aliphatic rings. The van der Waals surface area contributed by atoms with Crippen molar-refractivity contribution >= 4 is 66.4 Å². The Morgan fingerprint density at radius 2 is 1.83 bits per heavy atom. The topological polar surface area (TPSA) is 26.0 Å². The summed E-state index contributed by atoms with van der Waals surface area (Å²) in [6.07, 6.45) is 0.623. The zero-order valence-electron chi connectivity index (χ0n) is 9.09. The molecule has 2 N–H and O–H groups in total. The third kappa shape index (κ3) is 3.30. The summed E-state index contributed by atoms with van der Waals surface area (Å²) in [5.41, 5.74) is 7.10. The summed E-state index contributed by atoms with van der Waals surface area (Å²) in [5.74, 6) is 0. The molecular formula is C12H9Br2Cl2NS. The molecule has 2 aromatic rings. The first-order valence-corrected chi connectivity index (χ1v) is 8.28. The van der Waals surface area contributed by atoms with Crippen molar-refractivity contribution in [3.63, 3.8) is 0 Å². The van der Waals surface area contributed by atoms with Crippen molar-refractivity contribution in [2.75, 3.05) is 0 Å². The second-order valence-electron chi connectivity index (χ2n) is 3.78. The number of benzene rings is 1. The predicted octanol–water partition coefficient (Wildman–Crippen LogP) is 5.82. The summed E-state index contributed by atoms with van der Waals surface area (Å²) >= 11 is 20.8. The molecule has 2 rings (SSSR count). The van der Waals surface area contributed by atoms with Crippen molar-refractivity contribution < 1.29 is 0 Å². The van der Waals surface area contributed by atoms with E-state index < -0.39 is 0 Å². The predicted molar refractivity (Wildman–Crippen MR) is 86.8 cm³/mol. The summed E-state index contributed by atoms with van der Waals surface area (Å²) in [4.78, 5) is 1.09. The van der Waals surface area contributed by atoms with E-state index in [9.17, 15) is 0 Å². The fourth-order valence-electron chi connectivity index (χ4n) is 1.59. The molecule has 1 unspecified atom stereocenters. The monoisotopic (exact) mass is 427 g/mol. The normalized spacial score (nSPS) is 12.7. The average molecular weight is 430 g/mol. The van der Waals surface area contributed by atoms with Crippen LogP contribution >= 0.6 is 66.4 Å². The maximum absolute atomic E-state index is 6.20. The molecule has 0 aliphatic heterocycles. The van der Waals surface area contributed by atoms with Gasteiger partial charge in [0.15, 0.2) is 0 Å². The molecule has 0 amide bonds. The number of rotatable bonds is 3. The molecule has 18 heavy (non-hydrogen) atoms. The lowest BCUT2D eigenvalue weighted by molar-refractivity contribution is 0.736. The first-order valence-electron chi connectivity index (χ1n) is 5.12. The molecule has 1 nitrogen and oxygen atoms in total. The van der Waals surface area contributed by atoms with Crippen LogP contribution in [0.1, 0.15) is 16.5 Å². The molecule has 0 radical (unpaired) electrons. The van der Waals surface area contributed by atoms with E-state index in [1.54, 1.807) is 11.3 Å². The Bertz CT molecular complexity index is 531. The summed E-state index contributed by atoms with van der Waals surface area (Å²) < 4.78 is 2.06. The minimum absolute atomic E-state index is 0.116. The molecule has 1 aromatic carbocycles. The van der Waals surface area contributed by atoms with Crippen LogP contribution in [0.15, 0.2) is 32.5 Å². The Balaban J connectivity index is 2.23. The number of thiophene rings is 1. The van der Waals surface area contributed by atoms with Gasteiger partial charge in [0.05, 0.1) is 3.79 Å². The molecule has 1 heterocycles. The molecule has 0 bridgehead atoms. The summed E-state index contributed by atoms with van der Waals surface area (Å²) in [5, 5.41) is 1.32. The van der Waals surface area contributed by atoms with Crippen LogP contribution in [0.25, 0.3) is 0 Å². The highest BCUT2D eigenvalue weighted by Gasteiger charge is 2.15. The van der Waals surface area contributed by atoms with Crippen LogP contribution in [0.3, 0.4) is 0 Å². The van der Waals surface area contributed by atoms with Crippen LogP contribution in [0.2, 0.25) is 10.0 Å². The highest BCUT2D eigenvalue weighted by Crippen LogP contribution is 2.37. The largest absolute Gasteiger partial charge is 0.323 e. The van der Waals surface area contributed by atoms with Gasteiger partial charge in [0.1, 0.15) is 0 Å². The number of nitrogens with two attached hydrogens (primary N) is 1. The van der Waals surface area contributed by atoms with E-state index in [2.05, 4.69) is 31.9 Å². The molecule has 0 saturated heterocycles. The van der Waals surface area contributed by atoms with E-state index in [1.807, 2.05) is 24.3 Å². The summed E-state index contributed by atoms with van der Waals surface area (Å²) in [6.45, 7) is 0.